The summed E-state index contributed by atoms with van der Waals surface area (Å²) in [4.78, 5) is 22.3. The number of nitroso groups, excluding NO2 is 1. The van der Waals surface area contributed by atoms with Crippen LogP contribution in [0.25, 0.3) is 16.7 Å². The van der Waals surface area contributed by atoms with E-state index in [0.29, 0.717) is 11.8 Å². The third kappa shape index (κ3) is 3.40. The van der Waals surface area contributed by atoms with Crippen molar-refractivity contribution in [3.05, 3.63) is 69.3 Å². The molecule has 0 aromatic heterocycles. The second-order valence-electron chi connectivity index (χ2n) is 7.34. The highest BCUT2D eigenvalue weighted by atomic mass is 19.1. The van der Waals surface area contributed by atoms with Crippen molar-refractivity contribution in [2.45, 2.75) is 32.1 Å². The lowest BCUT2D eigenvalue weighted by molar-refractivity contribution is -0.103. The largest absolute Gasteiger partial charge is 0.319 e. The zero-order valence-corrected chi connectivity index (χ0v) is 16.1. The van der Waals surface area contributed by atoms with E-state index in [1.165, 1.54) is 19.9 Å². The fraction of sp³-hybridized carbons (Fsp3) is 0.318. The molecule has 28 heavy (non-hydrogen) atoms. The number of aldehydes is 1. The summed E-state index contributed by atoms with van der Waals surface area (Å²) in [7, 11) is 1.90. The minimum atomic E-state index is -0.869. The molecule has 0 unspecified atom stereocenters. The number of rotatable bonds is 7. The smallest absolute Gasteiger partial charge is 0.152 e. The molecule has 0 spiro atoms. The average molecular weight is 384 g/mol. The Morgan fingerprint density at radius 2 is 1.89 bits per heavy atom. The van der Waals surface area contributed by atoms with Crippen molar-refractivity contribution in [3.8, 4) is 11.1 Å². The van der Waals surface area contributed by atoms with Crippen LogP contribution in [0.15, 0.2) is 41.2 Å². The summed E-state index contributed by atoms with van der Waals surface area (Å²) in [5.41, 5.74) is 1.21. The molecule has 4 nitrogen and oxygen atoms in total. The van der Waals surface area contributed by atoms with E-state index in [1.807, 2.05) is 19.2 Å². The fourth-order valence-corrected chi connectivity index (χ4v) is 3.75. The standard InChI is InChI=1S/C22H22F2N2O2/c1-13-10-18(23)20(21(24)19(13)17(11-27)14(2)26-28)15-4-6-16(7-5-15)22(8-9-22)12-25-3/h4-7,10-11,25H,8-9,12H2,1-3H3/b17-14-. The molecule has 0 heterocycles. The third-order valence-electron chi connectivity index (χ3n) is 5.48. The summed E-state index contributed by atoms with van der Waals surface area (Å²) in [6.45, 7) is 3.67. The van der Waals surface area contributed by atoms with Gasteiger partial charge in [0.2, 0.25) is 0 Å². The molecule has 0 atom stereocenters. The molecule has 3 rings (SSSR count). The molecule has 0 aliphatic heterocycles. The summed E-state index contributed by atoms with van der Waals surface area (Å²) in [5, 5.41) is 5.93. The normalized spacial score (nSPS) is 15.8. The van der Waals surface area contributed by atoms with Crippen molar-refractivity contribution in [1.29, 1.82) is 0 Å². The number of nitrogens with one attached hydrogen (secondary N) is 1. The Morgan fingerprint density at radius 3 is 2.39 bits per heavy atom. The molecule has 0 radical (unpaired) electrons. The monoisotopic (exact) mass is 384 g/mol. The Hall–Kier alpha value is -2.73. The number of hydrogen-bond donors (Lipinski definition) is 1. The lowest BCUT2D eigenvalue weighted by atomic mass is 9.90. The minimum absolute atomic E-state index is 0.0959. The molecular weight excluding hydrogens is 362 g/mol. The number of hydrogen-bond acceptors (Lipinski definition) is 4. The number of halogens is 2. The Balaban J connectivity index is 2.12. The van der Waals surface area contributed by atoms with Gasteiger partial charge in [0.15, 0.2) is 6.29 Å². The van der Waals surface area contributed by atoms with Gasteiger partial charge in [-0.25, -0.2) is 8.78 Å². The first-order valence-electron chi connectivity index (χ1n) is 9.12. The van der Waals surface area contributed by atoms with Crippen LogP contribution < -0.4 is 5.32 Å². The molecule has 2 aromatic carbocycles. The van der Waals surface area contributed by atoms with Crippen molar-refractivity contribution in [3.63, 3.8) is 0 Å². The lowest BCUT2D eigenvalue weighted by Crippen LogP contribution is -2.23. The average Bonchev–Trinajstić information content (AvgIpc) is 3.46. The van der Waals surface area contributed by atoms with Gasteiger partial charge in [-0.2, -0.15) is 0 Å². The maximum atomic E-state index is 15.3. The summed E-state index contributed by atoms with van der Waals surface area (Å²) in [6.07, 6.45) is 2.54. The predicted octanol–water partition coefficient (Wildman–Crippen LogP) is 4.89. The number of carbonyl (C=O) groups is 1. The van der Waals surface area contributed by atoms with Crippen LogP contribution in [0.3, 0.4) is 0 Å². The van der Waals surface area contributed by atoms with Crippen molar-refractivity contribution in [2.24, 2.45) is 5.18 Å². The van der Waals surface area contributed by atoms with E-state index in [4.69, 9.17) is 0 Å². The first-order valence-corrected chi connectivity index (χ1v) is 9.12. The van der Waals surface area contributed by atoms with Crippen LogP contribution in [0.1, 0.15) is 36.5 Å². The SMILES string of the molecule is CNCC1(c2ccc(-c3c(F)cc(C)c(/C(C=O)=C(/C)N=O)c3F)cc2)CC1. The molecule has 1 N–H and O–H groups in total. The van der Waals surface area contributed by atoms with E-state index in [2.05, 4.69) is 10.5 Å². The van der Waals surface area contributed by atoms with Gasteiger partial charge in [0, 0.05) is 23.1 Å². The van der Waals surface area contributed by atoms with Crippen molar-refractivity contribution < 1.29 is 13.6 Å². The summed E-state index contributed by atoms with van der Waals surface area (Å²) in [6, 6.07) is 8.35. The van der Waals surface area contributed by atoms with Gasteiger partial charge >= 0.3 is 0 Å². The molecule has 1 fully saturated rings. The fourth-order valence-electron chi connectivity index (χ4n) is 3.75. The first kappa shape index (κ1) is 20.0. The summed E-state index contributed by atoms with van der Waals surface area (Å²) in [5.74, 6) is -1.59. The van der Waals surface area contributed by atoms with Crippen molar-refractivity contribution in [2.75, 3.05) is 13.6 Å². The first-order chi connectivity index (χ1) is 13.4. The van der Waals surface area contributed by atoms with Gasteiger partial charge in [0.1, 0.15) is 11.6 Å². The van der Waals surface area contributed by atoms with Gasteiger partial charge < -0.3 is 5.32 Å². The number of aryl methyl sites for hydroxylation is 1. The van der Waals surface area contributed by atoms with Gasteiger partial charge in [-0.1, -0.05) is 24.3 Å². The van der Waals surface area contributed by atoms with E-state index in [9.17, 15) is 14.1 Å². The van der Waals surface area contributed by atoms with Gasteiger partial charge in [0.05, 0.1) is 11.3 Å². The van der Waals surface area contributed by atoms with Crippen LogP contribution in [0.5, 0.6) is 0 Å². The number of benzene rings is 2. The minimum Gasteiger partial charge on any atom is -0.319 e. The van der Waals surface area contributed by atoms with E-state index in [-0.39, 0.29) is 33.4 Å². The van der Waals surface area contributed by atoms with Gasteiger partial charge in [-0.15, -0.1) is 4.91 Å². The van der Waals surface area contributed by atoms with Crippen LogP contribution in [-0.2, 0) is 10.2 Å². The third-order valence-corrected chi connectivity index (χ3v) is 5.48. The number of carbonyl (C=O) groups excluding carboxylic acids is 1. The Kier molecular flexibility index (Phi) is 5.52. The molecule has 1 saturated carbocycles. The van der Waals surface area contributed by atoms with E-state index >= 15 is 4.39 Å². The highest BCUT2D eigenvalue weighted by Gasteiger charge is 2.43. The van der Waals surface area contributed by atoms with Crippen molar-refractivity contribution >= 4 is 11.9 Å². The van der Waals surface area contributed by atoms with E-state index in [1.54, 1.807) is 12.1 Å². The van der Waals surface area contributed by atoms with Crippen LogP contribution >= 0.6 is 0 Å². The van der Waals surface area contributed by atoms with Gasteiger partial charge in [0.25, 0.3) is 0 Å². The lowest BCUT2D eigenvalue weighted by Gasteiger charge is -2.17. The molecule has 146 valence electrons. The molecular formula is C22H22F2N2O2. The zero-order valence-electron chi connectivity index (χ0n) is 16.1. The summed E-state index contributed by atoms with van der Waals surface area (Å²) >= 11 is 0. The number of allylic oxidation sites excluding steroid dienone is 2. The van der Waals surface area contributed by atoms with Crippen molar-refractivity contribution in [1.82, 2.24) is 5.32 Å². The molecule has 0 saturated heterocycles. The maximum absolute atomic E-state index is 15.3. The van der Waals surface area contributed by atoms with Gasteiger partial charge in [-0.05, 0) is 61.7 Å². The highest BCUT2D eigenvalue weighted by molar-refractivity contribution is 6.09. The van der Waals surface area contributed by atoms with E-state index < -0.39 is 11.6 Å². The van der Waals surface area contributed by atoms with Crippen LogP contribution in [0.4, 0.5) is 8.78 Å². The molecule has 0 amide bonds. The quantitative estimate of drug-likeness (QED) is 0.420. The Bertz CT molecular complexity index is 961. The summed E-state index contributed by atoms with van der Waals surface area (Å²) < 4.78 is 29.9. The van der Waals surface area contributed by atoms with Gasteiger partial charge in [-0.3, -0.25) is 4.79 Å². The predicted molar refractivity (Wildman–Crippen MR) is 106 cm³/mol. The topological polar surface area (TPSA) is 58.5 Å². The van der Waals surface area contributed by atoms with Crippen LogP contribution in [-0.4, -0.2) is 19.9 Å². The maximum Gasteiger partial charge on any atom is 0.152 e. The second kappa shape index (κ2) is 7.72. The second-order valence-corrected chi connectivity index (χ2v) is 7.34. The van der Waals surface area contributed by atoms with Crippen LogP contribution in [0, 0.1) is 23.5 Å². The Labute approximate surface area is 162 Å². The molecule has 6 heteroatoms. The number of nitrogens with zero attached hydrogens (tertiary/aromatic N) is 1. The molecule has 1 aliphatic carbocycles. The Morgan fingerprint density at radius 1 is 1.25 bits per heavy atom. The van der Waals surface area contributed by atoms with E-state index in [0.717, 1.165) is 24.9 Å². The highest BCUT2D eigenvalue weighted by Crippen LogP contribution is 2.48. The molecule has 2 aromatic rings. The molecule has 0 bridgehead atoms. The molecule has 1 aliphatic rings. The number of likely N-dealkylation sites (N-methyl/N-ethyl adjacent to an activating group) is 1. The van der Waals surface area contributed by atoms with Crippen LogP contribution in [0.2, 0.25) is 0 Å². The zero-order chi connectivity index (χ0) is 20.5.